The summed E-state index contributed by atoms with van der Waals surface area (Å²) in [6.07, 6.45) is 0. The van der Waals surface area contributed by atoms with E-state index < -0.39 is 5.97 Å². The van der Waals surface area contributed by atoms with Gasteiger partial charge in [-0.1, -0.05) is 52.0 Å². The number of esters is 1. The first kappa shape index (κ1) is 29.9. The van der Waals surface area contributed by atoms with Crippen LogP contribution in [0, 0.1) is 0 Å². The zero-order chi connectivity index (χ0) is 26.1. The summed E-state index contributed by atoms with van der Waals surface area (Å²) in [5, 5.41) is 8.98. The molecule has 0 aliphatic heterocycles. The minimum atomic E-state index is -0.955. The lowest BCUT2D eigenvalue weighted by atomic mass is 10.2. The molecule has 0 saturated heterocycles. The first-order valence-electron chi connectivity index (χ1n) is 12.1. The van der Waals surface area contributed by atoms with Gasteiger partial charge in [-0.2, -0.15) is 0 Å². The number of carbonyl (C=O) groups is 2. The van der Waals surface area contributed by atoms with Gasteiger partial charge in [0.05, 0.1) is 7.11 Å². The van der Waals surface area contributed by atoms with Crippen LogP contribution in [0.5, 0.6) is 11.5 Å². The highest BCUT2D eigenvalue weighted by Gasteiger charge is 2.12. The molecular formula is C27H40N2O6. The van der Waals surface area contributed by atoms with Crippen LogP contribution in [0.25, 0.3) is 0 Å². The van der Waals surface area contributed by atoms with Gasteiger partial charge in [0.1, 0.15) is 35.8 Å². The Hall–Kier alpha value is -3.10. The van der Waals surface area contributed by atoms with Crippen molar-refractivity contribution in [3.8, 4) is 11.5 Å². The van der Waals surface area contributed by atoms with Crippen molar-refractivity contribution in [3.05, 3.63) is 59.7 Å². The smallest absolute Gasteiger partial charge is 0.341 e. The number of carboxylic acid groups (broad SMARTS) is 1. The fraction of sp³-hybridized carbons (Fsp3) is 0.481. The maximum Gasteiger partial charge on any atom is 0.341 e. The van der Waals surface area contributed by atoms with Crippen molar-refractivity contribution in [1.29, 1.82) is 0 Å². The number of aromatic carboxylic acids is 1. The lowest BCUT2D eigenvalue weighted by Crippen LogP contribution is -2.28. The predicted octanol–water partition coefficient (Wildman–Crippen LogP) is 4.30. The van der Waals surface area contributed by atoms with Crippen molar-refractivity contribution in [2.75, 3.05) is 59.6 Å². The van der Waals surface area contributed by atoms with E-state index in [2.05, 4.69) is 37.5 Å². The van der Waals surface area contributed by atoms with Crippen molar-refractivity contribution < 1.29 is 28.9 Å². The van der Waals surface area contributed by atoms with Gasteiger partial charge in [0.25, 0.3) is 0 Å². The number of methoxy groups -OCH3 is 1. The summed E-state index contributed by atoms with van der Waals surface area (Å²) >= 11 is 0. The molecule has 2 aromatic carbocycles. The Bertz CT molecular complexity index is 881. The van der Waals surface area contributed by atoms with Gasteiger partial charge in [-0.15, -0.1) is 0 Å². The maximum absolute atomic E-state index is 11.5. The molecule has 0 aliphatic carbocycles. The van der Waals surface area contributed by atoms with Crippen molar-refractivity contribution >= 4 is 11.9 Å². The van der Waals surface area contributed by atoms with E-state index in [-0.39, 0.29) is 11.5 Å². The summed E-state index contributed by atoms with van der Waals surface area (Å²) in [7, 11) is 1.37. The Morgan fingerprint density at radius 2 is 1.11 bits per heavy atom. The highest BCUT2D eigenvalue weighted by molar-refractivity contribution is 5.92. The Morgan fingerprint density at radius 1 is 0.714 bits per heavy atom. The zero-order valence-corrected chi connectivity index (χ0v) is 21.7. The van der Waals surface area contributed by atoms with Gasteiger partial charge in [-0.25, -0.2) is 9.59 Å². The first-order valence-corrected chi connectivity index (χ1v) is 12.1. The zero-order valence-electron chi connectivity index (χ0n) is 21.7. The summed E-state index contributed by atoms with van der Waals surface area (Å²) in [6, 6.07) is 13.8. The lowest BCUT2D eigenvalue weighted by Gasteiger charge is -2.18. The standard InChI is InChI=1S/C14H21NO3.C13H19NO3/c1-4-15(5-2)10-11-18-13-9-7-6-8-12(13)14(16)17-3;1-3-14(4-2)9-10-17-12-8-6-5-7-11(12)13(15)16/h6-9H,4-5,10-11H2,1-3H3;5-8H,3-4,9-10H2,1-2H3,(H,15,16). The van der Waals surface area contributed by atoms with E-state index in [1.54, 1.807) is 42.5 Å². The van der Waals surface area contributed by atoms with Crippen LogP contribution in [-0.2, 0) is 4.74 Å². The normalized spacial score (nSPS) is 10.5. The molecule has 2 rings (SSSR count). The van der Waals surface area contributed by atoms with E-state index in [1.807, 2.05) is 6.07 Å². The monoisotopic (exact) mass is 488 g/mol. The van der Waals surface area contributed by atoms with Crippen molar-refractivity contribution in [2.45, 2.75) is 27.7 Å². The number of hydrogen-bond acceptors (Lipinski definition) is 7. The number of nitrogens with zero attached hydrogens (tertiary/aromatic N) is 2. The summed E-state index contributed by atoms with van der Waals surface area (Å²) < 4.78 is 15.9. The fourth-order valence-electron chi connectivity index (χ4n) is 3.29. The SMILES string of the molecule is CCN(CC)CCOc1ccccc1C(=O)O.CCN(CC)CCOc1ccccc1C(=O)OC. The molecule has 0 aliphatic rings. The number of likely N-dealkylation sites (N-methyl/N-ethyl adjacent to an activating group) is 2. The topological polar surface area (TPSA) is 88.5 Å². The molecule has 194 valence electrons. The second kappa shape index (κ2) is 17.4. The number of carbonyl (C=O) groups excluding carboxylic acids is 1. The number of benzene rings is 2. The quantitative estimate of drug-likeness (QED) is 0.394. The van der Waals surface area contributed by atoms with Gasteiger partial charge in [0.15, 0.2) is 0 Å². The molecule has 8 heteroatoms. The predicted molar refractivity (Wildman–Crippen MR) is 138 cm³/mol. The highest BCUT2D eigenvalue weighted by Crippen LogP contribution is 2.19. The van der Waals surface area contributed by atoms with E-state index in [0.29, 0.717) is 30.3 Å². The van der Waals surface area contributed by atoms with Gasteiger partial charge in [0.2, 0.25) is 0 Å². The van der Waals surface area contributed by atoms with E-state index in [0.717, 1.165) is 39.3 Å². The van der Waals surface area contributed by atoms with E-state index >= 15 is 0 Å². The lowest BCUT2D eigenvalue weighted by molar-refractivity contribution is 0.0594. The maximum atomic E-state index is 11.5. The minimum absolute atomic E-state index is 0.215. The van der Waals surface area contributed by atoms with Crippen LogP contribution in [0.15, 0.2) is 48.5 Å². The molecule has 0 radical (unpaired) electrons. The fourth-order valence-corrected chi connectivity index (χ4v) is 3.29. The average molecular weight is 489 g/mol. The Labute approximate surface area is 209 Å². The summed E-state index contributed by atoms with van der Waals surface area (Å²) in [4.78, 5) is 27.0. The third-order valence-corrected chi connectivity index (χ3v) is 5.53. The molecule has 0 aromatic heterocycles. The summed E-state index contributed by atoms with van der Waals surface area (Å²) in [5.41, 5.74) is 0.687. The van der Waals surface area contributed by atoms with Crippen LogP contribution in [0.1, 0.15) is 48.4 Å². The molecule has 0 unspecified atom stereocenters. The molecule has 0 spiro atoms. The van der Waals surface area contributed by atoms with Crippen LogP contribution >= 0.6 is 0 Å². The third kappa shape index (κ3) is 10.8. The Kier molecular flexibility index (Phi) is 14.8. The van der Waals surface area contributed by atoms with Crippen molar-refractivity contribution in [3.63, 3.8) is 0 Å². The van der Waals surface area contributed by atoms with Gasteiger partial charge in [0, 0.05) is 13.1 Å². The Balaban J connectivity index is 0.000000351. The number of rotatable bonds is 14. The molecular weight excluding hydrogens is 448 g/mol. The average Bonchev–Trinajstić information content (AvgIpc) is 2.89. The second-order valence-corrected chi connectivity index (χ2v) is 7.54. The van der Waals surface area contributed by atoms with E-state index in [1.165, 1.54) is 7.11 Å². The molecule has 2 aromatic rings. The molecule has 8 nitrogen and oxygen atoms in total. The number of hydrogen-bond donors (Lipinski definition) is 1. The molecule has 0 atom stereocenters. The first-order chi connectivity index (χ1) is 16.9. The van der Waals surface area contributed by atoms with Crippen LogP contribution < -0.4 is 9.47 Å². The molecule has 0 amide bonds. The third-order valence-electron chi connectivity index (χ3n) is 5.53. The largest absolute Gasteiger partial charge is 0.491 e. The second-order valence-electron chi connectivity index (χ2n) is 7.54. The summed E-state index contributed by atoms with van der Waals surface area (Å²) in [5.74, 6) is -0.305. The minimum Gasteiger partial charge on any atom is -0.491 e. The van der Waals surface area contributed by atoms with Crippen molar-refractivity contribution in [2.24, 2.45) is 0 Å². The molecule has 1 N–H and O–H groups in total. The van der Waals surface area contributed by atoms with Crippen molar-refractivity contribution in [1.82, 2.24) is 9.80 Å². The van der Waals surface area contributed by atoms with E-state index in [4.69, 9.17) is 19.3 Å². The number of carboxylic acids is 1. The highest BCUT2D eigenvalue weighted by atomic mass is 16.5. The Morgan fingerprint density at radius 3 is 1.51 bits per heavy atom. The van der Waals surface area contributed by atoms with Gasteiger partial charge < -0.3 is 29.1 Å². The van der Waals surface area contributed by atoms with Gasteiger partial charge in [-0.3, -0.25) is 0 Å². The molecule has 35 heavy (non-hydrogen) atoms. The molecule has 0 bridgehead atoms. The number of para-hydroxylation sites is 2. The molecule has 0 fully saturated rings. The van der Waals surface area contributed by atoms with Crippen LogP contribution in [-0.4, -0.2) is 86.4 Å². The van der Waals surface area contributed by atoms with Crippen LogP contribution in [0.4, 0.5) is 0 Å². The van der Waals surface area contributed by atoms with Gasteiger partial charge >= 0.3 is 11.9 Å². The van der Waals surface area contributed by atoms with Crippen LogP contribution in [0.3, 0.4) is 0 Å². The molecule has 0 heterocycles. The number of ether oxygens (including phenoxy) is 3. The summed E-state index contributed by atoms with van der Waals surface area (Å²) in [6.45, 7) is 15.1. The van der Waals surface area contributed by atoms with Crippen LogP contribution in [0.2, 0.25) is 0 Å². The van der Waals surface area contributed by atoms with E-state index in [9.17, 15) is 9.59 Å². The van der Waals surface area contributed by atoms with Gasteiger partial charge in [-0.05, 0) is 50.4 Å². The molecule has 0 saturated carbocycles.